The third-order valence-electron chi connectivity index (χ3n) is 3.30. The van der Waals surface area contributed by atoms with Gasteiger partial charge in [0.15, 0.2) is 11.5 Å². The van der Waals surface area contributed by atoms with Gasteiger partial charge in [0.1, 0.15) is 5.82 Å². The smallest absolute Gasteiger partial charge is 0.269 e. The number of fused-ring (bicyclic) bond motifs is 1. The molecule has 1 heterocycles. The molecule has 0 spiro atoms. The number of hydrazine groups is 1. The minimum atomic E-state index is -0.561. The van der Waals surface area contributed by atoms with E-state index in [0.29, 0.717) is 22.6 Å². The lowest BCUT2D eigenvalue weighted by molar-refractivity contribution is -0.117. The van der Waals surface area contributed by atoms with E-state index in [9.17, 15) is 14.0 Å². The maximum Gasteiger partial charge on any atom is 0.269 e. The summed E-state index contributed by atoms with van der Waals surface area (Å²) in [5.41, 5.74) is 5.36. The number of halogens is 2. The molecule has 3 rings (SSSR count). The number of hydrogen-bond donors (Lipinski definition) is 2. The molecule has 1 aliphatic rings. The van der Waals surface area contributed by atoms with Gasteiger partial charge < -0.3 is 9.47 Å². The molecule has 8 heteroatoms. The lowest BCUT2D eigenvalue weighted by Gasteiger charge is -2.06. The van der Waals surface area contributed by atoms with Crippen molar-refractivity contribution in [2.24, 2.45) is 0 Å². The number of carbonyl (C=O) groups is 2. The summed E-state index contributed by atoms with van der Waals surface area (Å²) in [5.74, 6) is -0.591. The molecule has 2 amide bonds. The zero-order valence-electron chi connectivity index (χ0n) is 12.7. The second-order valence-electron chi connectivity index (χ2n) is 5.02. The number of carbonyl (C=O) groups excluding carboxylic acids is 2. The highest BCUT2D eigenvalue weighted by Gasteiger charge is 2.16. The molecule has 0 aromatic heterocycles. The predicted octanol–water partition coefficient (Wildman–Crippen LogP) is 2.68. The summed E-state index contributed by atoms with van der Waals surface area (Å²) in [4.78, 5) is 23.7. The van der Waals surface area contributed by atoms with Crippen LogP contribution in [-0.4, -0.2) is 18.6 Å². The number of amides is 2. The minimum absolute atomic E-state index is 0.0429. The highest BCUT2D eigenvalue weighted by Crippen LogP contribution is 2.32. The van der Waals surface area contributed by atoms with Crippen molar-refractivity contribution < 1.29 is 23.5 Å². The van der Waals surface area contributed by atoms with Crippen molar-refractivity contribution in [3.8, 4) is 11.5 Å². The molecular weight excluding hydrogens is 351 g/mol. The van der Waals surface area contributed by atoms with Gasteiger partial charge in [-0.3, -0.25) is 20.4 Å². The quantitative estimate of drug-likeness (QED) is 0.650. The van der Waals surface area contributed by atoms with E-state index < -0.39 is 17.6 Å². The van der Waals surface area contributed by atoms with E-state index in [1.54, 1.807) is 12.1 Å². The van der Waals surface area contributed by atoms with Crippen molar-refractivity contribution in [2.45, 2.75) is 0 Å². The zero-order chi connectivity index (χ0) is 17.8. The van der Waals surface area contributed by atoms with E-state index in [0.717, 1.165) is 0 Å². The fourth-order valence-electron chi connectivity index (χ4n) is 2.06. The van der Waals surface area contributed by atoms with Crippen molar-refractivity contribution in [3.05, 3.63) is 64.4 Å². The van der Waals surface area contributed by atoms with Gasteiger partial charge in [0.05, 0.1) is 5.02 Å². The molecule has 2 N–H and O–H groups in total. The first-order chi connectivity index (χ1) is 12.0. The monoisotopic (exact) mass is 362 g/mol. The van der Waals surface area contributed by atoms with Crippen LogP contribution in [-0.2, 0) is 4.79 Å². The lowest BCUT2D eigenvalue weighted by Crippen LogP contribution is -2.40. The topological polar surface area (TPSA) is 76.7 Å². The van der Waals surface area contributed by atoms with Crippen molar-refractivity contribution in [1.82, 2.24) is 10.9 Å². The minimum Gasteiger partial charge on any atom is -0.454 e. The summed E-state index contributed by atoms with van der Waals surface area (Å²) in [6, 6.07) is 8.71. The first-order valence-corrected chi connectivity index (χ1v) is 7.54. The molecule has 0 saturated heterocycles. The van der Waals surface area contributed by atoms with Crippen LogP contribution in [0.25, 0.3) is 6.08 Å². The van der Waals surface area contributed by atoms with Gasteiger partial charge in [-0.1, -0.05) is 17.7 Å². The molecule has 25 heavy (non-hydrogen) atoms. The molecule has 0 aliphatic carbocycles. The van der Waals surface area contributed by atoms with E-state index in [1.165, 1.54) is 36.4 Å². The van der Waals surface area contributed by atoms with Crippen LogP contribution >= 0.6 is 11.6 Å². The molecule has 2 aromatic carbocycles. The second-order valence-corrected chi connectivity index (χ2v) is 5.43. The van der Waals surface area contributed by atoms with E-state index in [4.69, 9.17) is 21.1 Å². The molecule has 0 saturated carbocycles. The average Bonchev–Trinajstić information content (AvgIpc) is 3.08. The molecule has 0 fully saturated rings. The first-order valence-electron chi connectivity index (χ1n) is 7.16. The van der Waals surface area contributed by atoms with Crippen molar-refractivity contribution in [1.29, 1.82) is 0 Å². The summed E-state index contributed by atoms with van der Waals surface area (Å²) < 4.78 is 23.4. The number of hydrogen-bond acceptors (Lipinski definition) is 4. The second kappa shape index (κ2) is 7.23. The van der Waals surface area contributed by atoms with Gasteiger partial charge in [-0.05, 0) is 42.0 Å². The Hall–Kier alpha value is -3.06. The summed E-state index contributed by atoms with van der Waals surface area (Å²) in [6.07, 6.45) is 2.62. The predicted molar refractivity (Wildman–Crippen MR) is 88.6 cm³/mol. The van der Waals surface area contributed by atoms with Crippen LogP contribution in [0.1, 0.15) is 15.9 Å². The van der Waals surface area contributed by atoms with Crippen LogP contribution in [0.3, 0.4) is 0 Å². The SMILES string of the molecule is O=C(/C=C/c1ccc(F)c(Cl)c1)NNC(=O)c1ccc2c(c1)OCO2. The molecule has 128 valence electrons. The van der Waals surface area contributed by atoms with E-state index in [1.807, 2.05) is 0 Å². The van der Waals surface area contributed by atoms with E-state index >= 15 is 0 Å². The number of rotatable bonds is 3. The summed E-state index contributed by atoms with van der Waals surface area (Å²) in [7, 11) is 0. The highest BCUT2D eigenvalue weighted by molar-refractivity contribution is 6.30. The Kier molecular flexibility index (Phi) is 4.85. The Morgan fingerprint density at radius 3 is 2.68 bits per heavy atom. The van der Waals surface area contributed by atoms with Gasteiger partial charge in [-0.15, -0.1) is 0 Å². The molecule has 2 aromatic rings. The Morgan fingerprint density at radius 1 is 1.08 bits per heavy atom. The van der Waals surface area contributed by atoms with Gasteiger partial charge in [0.2, 0.25) is 6.79 Å². The first kappa shape index (κ1) is 16.8. The Balaban J connectivity index is 1.55. The van der Waals surface area contributed by atoms with Crippen LogP contribution in [0.4, 0.5) is 4.39 Å². The van der Waals surface area contributed by atoms with Gasteiger partial charge in [0, 0.05) is 11.6 Å². The van der Waals surface area contributed by atoms with Crippen LogP contribution in [0, 0.1) is 5.82 Å². The van der Waals surface area contributed by atoms with Crippen LogP contribution < -0.4 is 20.3 Å². The Bertz CT molecular complexity index is 870. The molecule has 0 bridgehead atoms. The highest BCUT2D eigenvalue weighted by atomic mass is 35.5. The van der Waals surface area contributed by atoms with Crippen LogP contribution in [0.2, 0.25) is 5.02 Å². The zero-order valence-corrected chi connectivity index (χ0v) is 13.5. The van der Waals surface area contributed by atoms with Gasteiger partial charge in [-0.25, -0.2) is 4.39 Å². The lowest BCUT2D eigenvalue weighted by atomic mass is 10.2. The molecule has 6 nitrogen and oxygen atoms in total. The summed E-state index contributed by atoms with van der Waals surface area (Å²) in [5, 5.41) is -0.0429. The average molecular weight is 363 g/mol. The largest absolute Gasteiger partial charge is 0.454 e. The molecule has 0 unspecified atom stereocenters. The third-order valence-corrected chi connectivity index (χ3v) is 3.59. The maximum absolute atomic E-state index is 13.1. The number of benzene rings is 2. The fraction of sp³-hybridized carbons (Fsp3) is 0.0588. The van der Waals surface area contributed by atoms with Gasteiger partial charge in [0.25, 0.3) is 11.8 Å². The van der Waals surface area contributed by atoms with E-state index in [2.05, 4.69) is 10.9 Å². The molecular formula is C17H12ClFN2O4. The molecule has 0 atom stereocenters. The number of nitrogens with one attached hydrogen (secondary N) is 2. The summed E-state index contributed by atoms with van der Waals surface area (Å²) in [6.45, 7) is 0.106. The van der Waals surface area contributed by atoms with Crippen molar-refractivity contribution >= 4 is 29.5 Å². The van der Waals surface area contributed by atoms with Gasteiger partial charge in [-0.2, -0.15) is 0 Å². The maximum atomic E-state index is 13.1. The van der Waals surface area contributed by atoms with E-state index in [-0.39, 0.29) is 11.8 Å². The standard InChI is InChI=1S/C17H12ClFN2O4/c18-12-7-10(1-4-13(12)19)2-6-16(22)20-21-17(23)11-3-5-14-15(8-11)25-9-24-14/h1-8H,9H2,(H,20,22)(H,21,23)/b6-2+. The Labute approximate surface area is 147 Å². The number of ether oxygens (including phenoxy) is 2. The Morgan fingerprint density at radius 2 is 1.88 bits per heavy atom. The normalized spacial score (nSPS) is 12.2. The van der Waals surface area contributed by atoms with Crippen LogP contribution in [0.5, 0.6) is 11.5 Å². The molecule has 0 radical (unpaired) electrons. The van der Waals surface area contributed by atoms with Crippen molar-refractivity contribution in [2.75, 3.05) is 6.79 Å². The van der Waals surface area contributed by atoms with Gasteiger partial charge >= 0.3 is 0 Å². The molecule has 1 aliphatic heterocycles. The van der Waals surface area contributed by atoms with Crippen molar-refractivity contribution in [3.63, 3.8) is 0 Å². The summed E-state index contributed by atoms with van der Waals surface area (Å²) >= 11 is 5.65. The fourth-order valence-corrected chi connectivity index (χ4v) is 2.25. The third kappa shape index (κ3) is 4.07. The van der Waals surface area contributed by atoms with Crippen LogP contribution in [0.15, 0.2) is 42.5 Å².